The zero-order valence-corrected chi connectivity index (χ0v) is 9.38. The third kappa shape index (κ3) is 3.52. The van der Waals surface area contributed by atoms with Gasteiger partial charge < -0.3 is 4.74 Å². The highest BCUT2D eigenvalue weighted by Crippen LogP contribution is 2.27. The van der Waals surface area contributed by atoms with Crippen molar-refractivity contribution in [1.82, 2.24) is 0 Å². The highest BCUT2D eigenvalue weighted by atomic mass is 16.5. The molecule has 2 nitrogen and oxygen atoms in total. The first kappa shape index (κ1) is 11.3. The molecule has 0 saturated heterocycles. The van der Waals surface area contributed by atoms with Gasteiger partial charge in [-0.15, -0.1) is 0 Å². The van der Waals surface area contributed by atoms with E-state index < -0.39 is 0 Å². The fourth-order valence-corrected chi connectivity index (χ4v) is 1.96. The van der Waals surface area contributed by atoms with Gasteiger partial charge >= 0.3 is 5.97 Å². The number of esters is 1. The number of carbonyl (C=O) groups is 1. The number of hydrogen-bond acceptors (Lipinski definition) is 2. The van der Waals surface area contributed by atoms with Crippen LogP contribution in [0.3, 0.4) is 0 Å². The van der Waals surface area contributed by atoms with Crippen LogP contribution in [0.4, 0.5) is 0 Å². The van der Waals surface area contributed by atoms with E-state index in [0.29, 0.717) is 5.92 Å². The molecular weight excluding hydrogens is 176 g/mol. The maximum Gasteiger partial charge on any atom is 0.303 e. The molecule has 0 heterocycles. The quantitative estimate of drug-likeness (QED) is 0.501. The lowest BCUT2D eigenvalue weighted by Crippen LogP contribution is -2.22. The standard InChI is InChI=1S/C12H20O2/c1-9(2)8-11-6-4-5-7-12(11)14-10(3)13/h8-9,12H,4-7H2,1-3H3/b11-8+. The van der Waals surface area contributed by atoms with Gasteiger partial charge in [-0.3, -0.25) is 4.79 Å². The van der Waals surface area contributed by atoms with Gasteiger partial charge in [0, 0.05) is 6.92 Å². The SMILES string of the molecule is CC(=O)OC1CCCC/C1=C\C(C)C. The molecule has 1 fully saturated rings. The Morgan fingerprint density at radius 3 is 2.79 bits per heavy atom. The van der Waals surface area contributed by atoms with E-state index in [2.05, 4.69) is 19.9 Å². The lowest BCUT2D eigenvalue weighted by Gasteiger charge is -2.25. The summed E-state index contributed by atoms with van der Waals surface area (Å²) in [6.45, 7) is 5.81. The number of hydrogen-bond donors (Lipinski definition) is 0. The van der Waals surface area contributed by atoms with Crippen LogP contribution in [0.25, 0.3) is 0 Å². The second-order valence-electron chi connectivity index (χ2n) is 4.33. The lowest BCUT2D eigenvalue weighted by atomic mass is 9.90. The van der Waals surface area contributed by atoms with Gasteiger partial charge in [-0.1, -0.05) is 19.9 Å². The molecule has 1 saturated carbocycles. The zero-order valence-electron chi connectivity index (χ0n) is 9.38. The van der Waals surface area contributed by atoms with Crippen LogP contribution in [0.2, 0.25) is 0 Å². The minimum atomic E-state index is -0.161. The average molecular weight is 196 g/mol. The normalized spacial score (nSPS) is 25.4. The van der Waals surface area contributed by atoms with Gasteiger partial charge in [0.05, 0.1) is 0 Å². The predicted octanol–water partition coefficient (Wildman–Crippen LogP) is 3.07. The Bertz CT molecular complexity index is 228. The minimum Gasteiger partial charge on any atom is -0.458 e. The first-order valence-electron chi connectivity index (χ1n) is 5.47. The van der Waals surface area contributed by atoms with Gasteiger partial charge in [0.15, 0.2) is 0 Å². The van der Waals surface area contributed by atoms with Crippen molar-refractivity contribution in [2.45, 2.75) is 52.6 Å². The summed E-state index contributed by atoms with van der Waals surface area (Å²) in [5, 5.41) is 0. The molecule has 2 heteroatoms. The molecule has 1 rings (SSSR count). The van der Waals surface area contributed by atoms with Gasteiger partial charge in [-0.25, -0.2) is 0 Å². The van der Waals surface area contributed by atoms with E-state index in [0.717, 1.165) is 12.8 Å². The van der Waals surface area contributed by atoms with E-state index in [1.165, 1.54) is 25.3 Å². The molecule has 0 bridgehead atoms. The topological polar surface area (TPSA) is 26.3 Å². The van der Waals surface area contributed by atoms with Crippen LogP contribution in [0.5, 0.6) is 0 Å². The number of rotatable bonds is 2. The molecule has 0 aliphatic heterocycles. The molecule has 0 radical (unpaired) electrons. The molecule has 80 valence electrons. The molecule has 14 heavy (non-hydrogen) atoms. The van der Waals surface area contributed by atoms with Gasteiger partial charge in [-0.2, -0.15) is 0 Å². The Hall–Kier alpha value is -0.790. The van der Waals surface area contributed by atoms with Crippen LogP contribution in [0.15, 0.2) is 11.6 Å². The Kier molecular flexibility index (Phi) is 4.18. The molecule has 0 aromatic heterocycles. The summed E-state index contributed by atoms with van der Waals surface area (Å²) in [5.41, 5.74) is 1.32. The van der Waals surface area contributed by atoms with E-state index in [4.69, 9.17) is 4.74 Å². The summed E-state index contributed by atoms with van der Waals surface area (Å²) < 4.78 is 5.30. The molecule has 1 aliphatic rings. The van der Waals surface area contributed by atoms with Crippen molar-refractivity contribution in [1.29, 1.82) is 0 Å². The van der Waals surface area contributed by atoms with Gasteiger partial charge in [0.25, 0.3) is 0 Å². The Balaban J connectivity index is 2.63. The largest absolute Gasteiger partial charge is 0.458 e. The summed E-state index contributed by atoms with van der Waals surface area (Å²) in [6, 6.07) is 0. The van der Waals surface area contributed by atoms with Crippen LogP contribution < -0.4 is 0 Å². The van der Waals surface area contributed by atoms with Crippen molar-refractivity contribution < 1.29 is 9.53 Å². The third-order valence-electron chi connectivity index (χ3n) is 2.45. The van der Waals surface area contributed by atoms with Crippen LogP contribution >= 0.6 is 0 Å². The van der Waals surface area contributed by atoms with Crippen molar-refractivity contribution in [3.63, 3.8) is 0 Å². The van der Waals surface area contributed by atoms with Crippen molar-refractivity contribution in [2.75, 3.05) is 0 Å². The molecule has 0 amide bonds. The summed E-state index contributed by atoms with van der Waals surface area (Å²) in [5.74, 6) is 0.382. The van der Waals surface area contributed by atoms with Crippen LogP contribution in [0, 0.1) is 5.92 Å². The number of ether oxygens (including phenoxy) is 1. The Morgan fingerprint density at radius 2 is 2.21 bits per heavy atom. The lowest BCUT2D eigenvalue weighted by molar-refractivity contribution is -0.145. The minimum absolute atomic E-state index is 0.0589. The summed E-state index contributed by atoms with van der Waals surface area (Å²) in [4.78, 5) is 10.9. The van der Waals surface area contributed by atoms with E-state index in [9.17, 15) is 4.79 Å². The maximum absolute atomic E-state index is 10.9. The van der Waals surface area contributed by atoms with Crippen LogP contribution in [0.1, 0.15) is 46.5 Å². The van der Waals surface area contributed by atoms with E-state index in [1.54, 1.807) is 0 Å². The van der Waals surface area contributed by atoms with E-state index in [1.807, 2.05) is 0 Å². The van der Waals surface area contributed by atoms with E-state index >= 15 is 0 Å². The fraction of sp³-hybridized carbons (Fsp3) is 0.750. The molecular formula is C12H20O2. The Labute approximate surface area is 86.3 Å². The second kappa shape index (κ2) is 5.18. The molecule has 0 aromatic carbocycles. The van der Waals surface area contributed by atoms with Crippen LogP contribution in [-0.4, -0.2) is 12.1 Å². The highest BCUT2D eigenvalue weighted by Gasteiger charge is 2.21. The molecule has 0 N–H and O–H groups in total. The van der Waals surface area contributed by atoms with Gasteiger partial charge in [0.1, 0.15) is 6.10 Å². The zero-order chi connectivity index (χ0) is 10.6. The molecule has 1 atom stereocenters. The average Bonchev–Trinajstić information content (AvgIpc) is 2.06. The van der Waals surface area contributed by atoms with Crippen molar-refractivity contribution in [3.05, 3.63) is 11.6 Å². The van der Waals surface area contributed by atoms with Crippen molar-refractivity contribution in [3.8, 4) is 0 Å². The molecule has 1 unspecified atom stereocenters. The maximum atomic E-state index is 10.9. The summed E-state index contributed by atoms with van der Waals surface area (Å²) >= 11 is 0. The highest BCUT2D eigenvalue weighted by molar-refractivity contribution is 5.66. The second-order valence-corrected chi connectivity index (χ2v) is 4.33. The fourth-order valence-electron chi connectivity index (χ4n) is 1.96. The summed E-state index contributed by atoms with van der Waals surface area (Å²) in [7, 11) is 0. The van der Waals surface area contributed by atoms with Crippen LogP contribution in [-0.2, 0) is 9.53 Å². The molecule has 0 spiro atoms. The third-order valence-corrected chi connectivity index (χ3v) is 2.45. The van der Waals surface area contributed by atoms with Crippen molar-refractivity contribution >= 4 is 5.97 Å². The first-order chi connectivity index (χ1) is 6.59. The number of allylic oxidation sites excluding steroid dienone is 1. The van der Waals surface area contributed by atoms with Crippen molar-refractivity contribution in [2.24, 2.45) is 5.92 Å². The smallest absolute Gasteiger partial charge is 0.303 e. The van der Waals surface area contributed by atoms with E-state index in [-0.39, 0.29) is 12.1 Å². The van der Waals surface area contributed by atoms with Gasteiger partial charge in [-0.05, 0) is 37.2 Å². The number of carbonyl (C=O) groups excluding carboxylic acids is 1. The molecule has 0 aromatic rings. The predicted molar refractivity (Wildman–Crippen MR) is 56.9 cm³/mol. The summed E-state index contributed by atoms with van der Waals surface area (Å²) in [6.07, 6.45) is 6.80. The first-order valence-corrected chi connectivity index (χ1v) is 5.47. The monoisotopic (exact) mass is 196 g/mol. The van der Waals surface area contributed by atoms with Gasteiger partial charge in [0.2, 0.25) is 0 Å². The Morgan fingerprint density at radius 1 is 1.50 bits per heavy atom. The molecule has 1 aliphatic carbocycles.